The normalized spacial score (nSPS) is 12.2. The van der Waals surface area contributed by atoms with Gasteiger partial charge < -0.3 is 11.1 Å². The largest absolute Gasteiger partial charge is 0.374 e. The van der Waals surface area contributed by atoms with Gasteiger partial charge in [0, 0.05) is 5.69 Å². The Kier molecular flexibility index (Phi) is 4.08. The predicted molar refractivity (Wildman–Crippen MR) is 61.0 cm³/mol. The van der Waals surface area contributed by atoms with E-state index in [0.29, 0.717) is 16.6 Å². The first-order chi connectivity index (χ1) is 7.04. The smallest absolute Gasteiger partial charge is 0.239 e. The first-order valence-corrected chi connectivity index (χ1v) is 5.34. The van der Waals surface area contributed by atoms with Crippen LogP contribution < -0.4 is 11.1 Å². The summed E-state index contributed by atoms with van der Waals surface area (Å²) in [6, 6.07) is 4.02. The van der Waals surface area contributed by atoms with Crippen molar-refractivity contribution in [3.8, 4) is 0 Å². The van der Waals surface area contributed by atoms with Crippen LogP contribution in [0.4, 0.5) is 10.1 Å². The molecule has 0 aliphatic heterocycles. The van der Waals surface area contributed by atoms with Crippen molar-refractivity contribution in [1.29, 1.82) is 0 Å². The number of nitrogens with two attached hydrogens (primary N) is 1. The van der Waals surface area contributed by atoms with E-state index in [-0.39, 0.29) is 5.82 Å². The van der Waals surface area contributed by atoms with Crippen LogP contribution in [0.2, 0.25) is 0 Å². The molecule has 0 spiro atoms. The van der Waals surface area contributed by atoms with Crippen LogP contribution >= 0.6 is 15.9 Å². The van der Waals surface area contributed by atoms with Crippen LogP contribution in [0.25, 0.3) is 0 Å². The van der Waals surface area contributed by atoms with E-state index in [4.69, 9.17) is 5.73 Å². The van der Waals surface area contributed by atoms with Gasteiger partial charge in [-0.05, 0) is 40.5 Å². The summed E-state index contributed by atoms with van der Waals surface area (Å²) < 4.78 is 13.3. The van der Waals surface area contributed by atoms with Gasteiger partial charge in [-0.15, -0.1) is 0 Å². The fourth-order valence-corrected chi connectivity index (χ4v) is 1.54. The number of carbonyl (C=O) groups excluding carboxylic acids is 1. The maximum atomic E-state index is 12.9. The van der Waals surface area contributed by atoms with E-state index in [9.17, 15) is 9.18 Å². The number of amides is 1. The summed E-state index contributed by atoms with van der Waals surface area (Å²) in [5.74, 6) is -0.759. The fourth-order valence-electron chi connectivity index (χ4n) is 1.16. The van der Waals surface area contributed by atoms with Crippen molar-refractivity contribution in [1.82, 2.24) is 0 Å². The zero-order valence-corrected chi connectivity index (χ0v) is 9.84. The van der Waals surface area contributed by atoms with Gasteiger partial charge in [0.25, 0.3) is 0 Å². The molecule has 1 rings (SSSR count). The van der Waals surface area contributed by atoms with E-state index < -0.39 is 11.9 Å². The lowest BCUT2D eigenvalue weighted by Crippen LogP contribution is -2.34. The van der Waals surface area contributed by atoms with E-state index in [1.54, 1.807) is 12.1 Å². The van der Waals surface area contributed by atoms with E-state index in [1.165, 1.54) is 6.07 Å². The standard InChI is InChI=1S/C10H12BrFN2O/c1-2-9(10(13)15)14-6-3-4-8(12)7(11)5-6/h3-5,9,14H,2H2,1H3,(H2,13,15). The first-order valence-electron chi connectivity index (χ1n) is 4.55. The molecule has 0 heterocycles. The number of hydrogen-bond acceptors (Lipinski definition) is 2. The molecule has 1 unspecified atom stereocenters. The third kappa shape index (κ3) is 3.20. The van der Waals surface area contributed by atoms with Crippen molar-refractivity contribution in [3.63, 3.8) is 0 Å². The molecule has 5 heteroatoms. The van der Waals surface area contributed by atoms with Crippen LogP contribution in [0.3, 0.4) is 0 Å². The van der Waals surface area contributed by atoms with Crippen LogP contribution in [-0.4, -0.2) is 11.9 Å². The summed E-state index contributed by atoms with van der Waals surface area (Å²) >= 11 is 3.06. The van der Waals surface area contributed by atoms with Gasteiger partial charge in [-0.3, -0.25) is 4.79 Å². The molecule has 0 bridgehead atoms. The Balaban J connectivity index is 2.80. The van der Waals surface area contributed by atoms with Crippen molar-refractivity contribution < 1.29 is 9.18 Å². The van der Waals surface area contributed by atoms with Crippen LogP contribution in [0.1, 0.15) is 13.3 Å². The summed E-state index contributed by atoms with van der Waals surface area (Å²) in [4.78, 5) is 11.0. The van der Waals surface area contributed by atoms with E-state index in [1.807, 2.05) is 6.92 Å². The topological polar surface area (TPSA) is 55.1 Å². The minimum absolute atomic E-state index is 0.340. The van der Waals surface area contributed by atoms with Crippen LogP contribution in [0.15, 0.2) is 22.7 Å². The highest BCUT2D eigenvalue weighted by Gasteiger charge is 2.12. The van der Waals surface area contributed by atoms with Gasteiger partial charge in [-0.2, -0.15) is 0 Å². The molecule has 0 fully saturated rings. The third-order valence-corrected chi connectivity index (χ3v) is 2.62. The van der Waals surface area contributed by atoms with Crippen LogP contribution in [0, 0.1) is 5.82 Å². The van der Waals surface area contributed by atoms with Crippen molar-refractivity contribution in [2.45, 2.75) is 19.4 Å². The molecule has 0 aliphatic carbocycles. The van der Waals surface area contributed by atoms with Gasteiger partial charge in [0.15, 0.2) is 0 Å². The van der Waals surface area contributed by atoms with Crippen molar-refractivity contribution in [2.75, 3.05) is 5.32 Å². The molecule has 1 amide bonds. The first kappa shape index (κ1) is 12.0. The second-order valence-corrected chi connectivity index (χ2v) is 3.99. The van der Waals surface area contributed by atoms with Crippen molar-refractivity contribution >= 4 is 27.5 Å². The fraction of sp³-hybridized carbons (Fsp3) is 0.300. The molecule has 3 N–H and O–H groups in total. The maximum Gasteiger partial charge on any atom is 0.239 e. The zero-order chi connectivity index (χ0) is 11.4. The van der Waals surface area contributed by atoms with Gasteiger partial charge in [-0.25, -0.2) is 4.39 Å². The SMILES string of the molecule is CCC(Nc1ccc(F)c(Br)c1)C(N)=O. The van der Waals surface area contributed by atoms with Crippen molar-refractivity contribution in [2.24, 2.45) is 5.73 Å². The van der Waals surface area contributed by atoms with Crippen LogP contribution in [0.5, 0.6) is 0 Å². The quantitative estimate of drug-likeness (QED) is 0.885. The number of nitrogens with one attached hydrogen (secondary N) is 1. The molecule has 1 atom stereocenters. The summed E-state index contributed by atoms with van der Waals surface area (Å²) in [5, 5.41) is 2.92. The van der Waals surface area contributed by atoms with E-state index in [2.05, 4.69) is 21.2 Å². The molecule has 1 aromatic carbocycles. The molecule has 0 saturated carbocycles. The average molecular weight is 275 g/mol. The zero-order valence-electron chi connectivity index (χ0n) is 8.26. The lowest BCUT2D eigenvalue weighted by Gasteiger charge is -2.14. The molecule has 0 aromatic heterocycles. The number of carbonyl (C=O) groups is 1. The molecule has 82 valence electrons. The Morgan fingerprint density at radius 2 is 2.33 bits per heavy atom. The monoisotopic (exact) mass is 274 g/mol. The summed E-state index contributed by atoms with van der Waals surface area (Å²) in [7, 11) is 0. The lowest BCUT2D eigenvalue weighted by atomic mass is 10.2. The minimum atomic E-state index is -0.428. The molecule has 15 heavy (non-hydrogen) atoms. The number of hydrogen-bond donors (Lipinski definition) is 2. The second kappa shape index (κ2) is 5.11. The molecule has 0 aliphatic rings. The number of benzene rings is 1. The van der Waals surface area contributed by atoms with Crippen LogP contribution in [-0.2, 0) is 4.79 Å². The highest BCUT2D eigenvalue weighted by molar-refractivity contribution is 9.10. The summed E-state index contributed by atoms with van der Waals surface area (Å²) in [5.41, 5.74) is 5.84. The van der Waals surface area contributed by atoms with Gasteiger partial charge in [0.05, 0.1) is 4.47 Å². The molecular weight excluding hydrogens is 263 g/mol. The van der Waals surface area contributed by atoms with Gasteiger partial charge in [0.2, 0.25) is 5.91 Å². The number of halogens is 2. The molecule has 0 saturated heterocycles. The van der Waals surface area contributed by atoms with E-state index >= 15 is 0 Å². The minimum Gasteiger partial charge on any atom is -0.374 e. The third-order valence-electron chi connectivity index (χ3n) is 2.01. The lowest BCUT2D eigenvalue weighted by molar-refractivity contribution is -0.118. The molecule has 3 nitrogen and oxygen atoms in total. The highest BCUT2D eigenvalue weighted by atomic mass is 79.9. The number of rotatable bonds is 4. The Morgan fingerprint density at radius 1 is 1.67 bits per heavy atom. The Bertz CT molecular complexity index is 370. The summed E-state index contributed by atoms with van der Waals surface area (Å²) in [6.45, 7) is 1.85. The average Bonchev–Trinajstić information content (AvgIpc) is 2.19. The Hall–Kier alpha value is -1.10. The summed E-state index contributed by atoms with van der Waals surface area (Å²) in [6.07, 6.45) is 0.588. The maximum absolute atomic E-state index is 12.9. The van der Waals surface area contributed by atoms with Crippen molar-refractivity contribution in [3.05, 3.63) is 28.5 Å². The van der Waals surface area contributed by atoms with Gasteiger partial charge in [-0.1, -0.05) is 6.92 Å². The van der Waals surface area contributed by atoms with Gasteiger partial charge >= 0.3 is 0 Å². The Labute approximate surface area is 96.0 Å². The molecule has 1 aromatic rings. The molecular formula is C10H12BrFN2O. The van der Waals surface area contributed by atoms with E-state index in [0.717, 1.165) is 0 Å². The second-order valence-electron chi connectivity index (χ2n) is 3.14. The predicted octanol–water partition coefficient (Wildman–Crippen LogP) is 2.26. The Morgan fingerprint density at radius 3 is 2.80 bits per heavy atom. The number of primary amides is 1. The molecule has 0 radical (unpaired) electrons. The highest BCUT2D eigenvalue weighted by Crippen LogP contribution is 2.20. The van der Waals surface area contributed by atoms with Gasteiger partial charge in [0.1, 0.15) is 11.9 Å². The number of anilines is 1.